The highest BCUT2D eigenvalue weighted by Gasteiger charge is 2.26. The van der Waals surface area contributed by atoms with E-state index in [1.165, 1.54) is 6.20 Å². The molecule has 1 aliphatic rings. The Morgan fingerprint density at radius 2 is 2.33 bits per heavy atom. The summed E-state index contributed by atoms with van der Waals surface area (Å²) in [4.78, 5) is 8.75. The van der Waals surface area contributed by atoms with Gasteiger partial charge in [0, 0.05) is 31.2 Å². The molecule has 5 heteroatoms. The number of nitrogens with one attached hydrogen (secondary N) is 1. The van der Waals surface area contributed by atoms with E-state index in [0.717, 1.165) is 30.9 Å². The molecule has 0 amide bonds. The number of hydrogen-bond donors (Lipinski definition) is 1. The summed E-state index contributed by atoms with van der Waals surface area (Å²) in [5.41, 5.74) is 0.928. The first kappa shape index (κ1) is 13.2. The van der Waals surface area contributed by atoms with Gasteiger partial charge in [-0.25, -0.2) is 9.37 Å². The van der Waals surface area contributed by atoms with Crippen molar-refractivity contribution in [1.29, 1.82) is 0 Å². The van der Waals surface area contributed by atoms with Crippen LogP contribution in [0.2, 0.25) is 0 Å². The smallest absolute Gasteiger partial charge is 0.141 e. The van der Waals surface area contributed by atoms with Gasteiger partial charge in [-0.15, -0.1) is 0 Å². The van der Waals surface area contributed by atoms with E-state index in [1.54, 1.807) is 6.07 Å². The molecule has 18 heavy (non-hydrogen) atoms. The van der Waals surface area contributed by atoms with Crippen molar-refractivity contribution in [2.75, 3.05) is 39.1 Å². The second kappa shape index (κ2) is 5.63. The number of hydrogen-bond acceptors (Lipinski definition) is 4. The van der Waals surface area contributed by atoms with Crippen LogP contribution in [0.5, 0.6) is 0 Å². The third-order valence-electron chi connectivity index (χ3n) is 3.47. The Morgan fingerprint density at radius 3 is 2.94 bits per heavy atom. The Kier molecular flexibility index (Phi) is 4.14. The van der Waals surface area contributed by atoms with Gasteiger partial charge in [0.15, 0.2) is 0 Å². The lowest BCUT2D eigenvalue weighted by Gasteiger charge is -2.23. The van der Waals surface area contributed by atoms with Crippen LogP contribution in [-0.4, -0.2) is 50.2 Å². The normalized spacial score (nSPS) is 19.8. The van der Waals surface area contributed by atoms with Crippen molar-refractivity contribution in [1.82, 2.24) is 15.2 Å². The zero-order valence-corrected chi connectivity index (χ0v) is 11.3. The molecular weight excluding hydrogens is 231 g/mol. The molecule has 1 aromatic rings. The SMILES string of the molecule is CNCc1cc(F)cnc1N1CCC(N(C)C)C1. The summed E-state index contributed by atoms with van der Waals surface area (Å²) in [6.45, 7) is 2.59. The quantitative estimate of drug-likeness (QED) is 0.869. The molecule has 0 aliphatic carbocycles. The molecule has 1 atom stereocenters. The lowest BCUT2D eigenvalue weighted by molar-refractivity contribution is 0.315. The van der Waals surface area contributed by atoms with Gasteiger partial charge in [-0.1, -0.05) is 0 Å². The highest BCUT2D eigenvalue weighted by atomic mass is 19.1. The van der Waals surface area contributed by atoms with Gasteiger partial charge in [-0.2, -0.15) is 0 Å². The van der Waals surface area contributed by atoms with Gasteiger partial charge in [0.1, 0.15) is 11.6 Å². The van der Waals surface area contributed by atoms with Gasteiger partial charge in [-0.3, -0.25) is 0 Å². The van der Waals surface area contributed by atoms with Crippen LogP contribution in [-0.2, 0) is 6.54 Å². The zero-order valence-electron chi connectivity index (χ0n) is 11.3. The van der Waals surface area contributed by atoms with Crippen molar-refractivity contribution in [2.45, 2.75) is 19.0 Å². The maximum absolute atomic E-state index is 13.2. The van der Waals surface area contributed by atoms with E-state index < -0.39 is 0 Å². The minimum absolute atomic E-state index is 0.271. The van der Waals surface area contributed by atoms with Crippen LogP contribution in [0.1, 0.15) is 12.0 Å². The molecule has 0 saturated carbocycles. The largest absolute Gasteiger partial charge is 0.355 e. The predicted molar refractivity (Wildman–Crippen MR) is 71.3 cm³/mol. The third-order valence-corrected chi connectivity index (χ3v) is 3.47. The molecule has 1 fully saturated rings. The molecule has 1 saturated heterocycles. The summed E-state index contributed by atoms with van der Waals surface area (Å²) < 4.78 is 13.2. The minimum Gasteiger partial charge on any atom is -0.355 e. The fourth-order valence-electron chi connectivity index (χ4n) is 2.43. The summed E-state index contributed by atoms with van der Waals surface area (Å²) in [7, 11) is 6.06. The first-order valence-electron chi connectivity index (χ1n) is 6.32. The van der Waals surface area contributed by atoms with E-state index in [1.807, 2.05) is 7.05 Å². The summed E-state index contributed by atoms with van der Waals surface area (Å²) in [6, 6.07) is 2.13. The molecule has 2 rings (SSSR count). The molecular formula is C13H21FN4. The first-order chi connectivity index (χ1) is 8.61. The number of aromatic nitrogens is 1. The standard InChI is InChI=1S/C13H21FN4/c1-15-7-10-6-11(14)8-16-13(10)18-5-4-12(9-18)17(2)3/h6,8,12,15H,4-5,7,9H2,1-3H3. The summed E-state index contributed by atoms with van der Waals surface area (Å²) in [6.07, 6.45) is 2.43. The van der Waals surface area contributed by atoms with Crippen LogP contribution in [0.25, 0.3) is 0 Å². The third kappa shape index (κ3) is 2.79. The van der Waals surface area contributed by atoms with Crippen LogP contribution in [0.4, 0.5) is 10.2 Å². The van der Waals surface area contributed by atoms with Crippen LogP contribution >= 0.6 is 0 Å². The van der Waals surface area contributed by atoms with Gasteiger partial charge < -0.3 is 15.1 Å². The Balaban J connectivity index is 2.18. The van der Waals surface area contributed by atoms with Crippen molar-refractivity contribution in [2.24, 2.45) is 0 Å². The topological polar surface area (TPSA) is 31.4 Å². The Labute approximate surface area is 108 Å². The maximum Gasteiger partial charge on any atom is 0.141 e. The van der Waals surface area contributed by atoms with E-state index in [-0.39, 0.29) is 5.82 Å². The molecule has 100 valence electrons. The average molecular weight is 252 g/mol. The monoisotopic (exact) mass is 252 g/mol. The molecule has 1 N–H and O–H groups in total. The van der Waals surface area contributed by atoms with Crippen molar-refractivity contribution >= 4 is 5.82 Å². The Bertz CT molecular complexity index is 408. The van der Waals surface area contributed by atoms with Crippen LogP contribution in [0.3, 0.4) is 0 Å². The number of rotatable bonds is 4. The fraction of sp³-hybridized carbons (Fsp3) is 0.615. The van der Waals surface area contributed by atoms with Crippen LogP contribution < -0.4 is 10.2 Å². The number of pyridine rings is 1. The summed E-state index contributed by atoms with van der Waals surface area (Å²) in [5, 5.41) is 3.07. The highest BCUT2D eigenvalue weighted by molar-refractivity contribution is 5.48. The minimum atomic E-state index is -0.271. The van der Waals surface area contributed by atoms with E-state index in [0.29, 0.717) is 12.6 Å². The van der Waals surface area contributed by atoms with Gasteiger partial charge in [-0.05, 0) is 33.6 Å². The second-order valence-corrected chi connectivity index (χ2v) is 5.02. The molecule has 1 aromatic heterocycles. The average Bonchev–Trinajstić information content (AvgIpc) is 2.79. The predicted octanol–water partition coefficient (Wildman–Crippen LogP) is 1.08. The fourth-order valence-corrected chi connectivity index (χ4v) is 2.43. The van der Waals surface area contributed by atoms with Crippen molar-refractivity contribution in [3.8, 4) is 0 Å². The summed E-state index contributed by atoms with van der Waals surface area (Å²) >= 11 is 0. The van der Waals surface area contributed by atoms with Crippen LogP contribution in [0.15, 0.2) is 12.3 Å². The molecule has 1 aliphatic heterocycles. The lowest BCUT2D eigenvalue weighted by atomic mass is 10.2. The number of likely N-dealkylation sites (N-methyl/N-ethyl adjacent to an activating group) is 1. The zero-order chi connectivity index (χ0) is 13.1. The molecule has 0 spiro atoms. The van der Waals surface area contributed by atoms with Crippen molar-refractivity contribution < 1.29 is 4.39 Å². The number of anilines is 1. The van der Waals surface area contributed by atoms with E-state index in [4.69, 9.17) is 0 Å². The van der Waals surface area contributed by atoms with Crippen LogP contribution in [0, 0.1) is 5.82 Å². The first-order valence-corrected chi connectivity index (χ1v) is 6.32. The Hall–Kier alpha value is -1.20. The van der Waals surface area contributed by atoms with E-state index >= 15 is 0 Å². The Morgan fingerprint density at radius 1 is 1.56 bits per heavy atom. The van der Waals surface area contributed by atoms with Crippen molar-refractivity contribution in [3.63, 3.8) is 0 Å². The molecule has 1 unspecified atom stereocenters. The molecule has 2 heterocycles. The van der Waals surface area contributed by atoms with Gasteiger partial charge in [0.05, 0.1) is 6.20 Å². The highest BCUT2D eigenvalue weighted by Crippen LogP contribution is 2.24. The van der Waals surface area contributed by atoms with E-state index in [2.05, 4.69) is 34.2 Å². The van der Waals surface area contributed by atoms with Gasteiger partial charge >= 0.3 is 0 Å². The molecule has 0 aromatic carbocycles. The molecule has 0 bridgehead atoms. The second-order valence-electron chi connectivity index (χ2n) is 5.02. The lowest BCUT2D eigenvalue weighted by Crippen LogP contribution is -2.32. The van der Waals surface area contributed by atoms with Crippen molar-refractivity contribution in [3.05, 3.63) is 23.6 Å². The van der Waals surface area contributed by atoms with Gasteiger partial charge in [0.2, 0.25) is 0 Å². The number of halogens is 1. The molecule has 0 radical (unpaired) electrons. The van der Waals surface area contributed by atoms with E-state index in [9.17, 15) is 4.39 Å². The summed E-state index contributed by atoms with van der Waals surface area (Å²) in [5.74, 6) is 0.641. The molecule has 4 nitrogen and oxygen atoms in total. The number of nitrogens with zero attached hydrogens (tertiary/aromatic N) is 3. The maximum atomic E-state index is 13.2. The van der Waals surface area contributed by atoms with Gasteiger partial charge in [0.25, 0.3) is 0 Å².